The van der Waals surface area contributed by atoms with Crippen LogP contribution in [0.25, 0.3) is 0 Å². The second-order valence-corrected chi connectivity index (χ2v) is 5.70. The van der Waals surface area contributed by atoms with Crippen LogP contribution in [0.4, 0.5) is 0 Å². The van der Waals surface area contributed by atoms with E-state index < -0.39 is 0 Å². The molecule has 0 atom stereocenters. The van der Waals surface area contributed by atoms with Gasteiger partial charge in [0, 0.05) is 12.1 Å². The summed E-state index contributed by atoms with van der Waals surface area (Å²) in [5.41, 5.74) is 1.36. The molecule has 0 spiro atoms. The van der Waals surface area contributed by atoms with Crippen molar-refractivity contribution in [3.8, 4) is 0 Å². The number of furan rings is 1. The fourth-order valence-electron chi connectivity index (χ4n) is 2.87. The summed E-state index contributed by atoms with van der Waals surface area (Å²) < 4.78 is 5.81. The second kappa shape index (κ2) is 7.11. The van der Waals surface area contributed by atoms with E-state index in [1.54, 1.807) is 0 Å². The summed E-state index contributed by atoms with van der Waals surface area (Å²) in [6.07, 6.45) is 4.06. The highest BCUT2D eigenvalue weighted by molar-refractivity contribution is 5.20. The van der Waals surface area contributed by atoms with Gasteiger partial charge in [0.25, 0.3) is 0 Å². The average Bonchev–Trinajstić information content (AvgIpc) is 2.78. The lowest BCUT2D eigenvalue weighted by atomic mass is 9.94. The van der Waals surface area contributed by atoms with Crippen LogP contribution in [0.3, 0.4) is 0 Å². The van der Waals surface area contributed by atoms with Gasteiger partial charge in [-0.15, -0.1) is 0 Å². The fourth-order valence-corrected chi connectivity index (χ4v) is 2.87. The van der Waals surface area contributed by atoms with Crippen LogP contribution in [-0.4, -0.2) is 24.5 Å². The number of rotatable bonds is 6. The molecule has 1 aromatic heterocycles. The summed E-state index contributed by atoms with van der Waals surface area (Å²) in [6.45, 7) is 11.9. The number of nitrogens with zero attached hydrogens (tertiary/aromatic N) is 1. The zero-order valence-corrected chi connectivity index (χ0v) is 12.7. The van der Waals surface area contributed by atoms with Gasteiger partial charge in [-0.2, -0.15) is 0 Å². The van der Waals surface area contributed by atoms with E-state index in [1.165, 1.54) is 37.9 Å². The molecular formula is C16H28N2O. The molecule has 1 saturated heterocycles. The van der Waals surface area contributed by atoms with E-state index in [1.807, 2.05) is 0 Å². The third-order valence-electron chi connectivity index (χ3n) is 4.30. The predicted molar refractivity (Wildman–Crippen MR) is 79.1 cm³/mol. The number of nitrogens with one attached hydrogen (secondary N) is 1. The summed E-state index contributed by atoms with van der Waals surface area (Å²) in [4.78, 5) is 2.57. The summed E-state index contributed by atoms with van der Waals surface area (Å²) >= 11 is 0. The van der Waals surface area contributed by atoms with E-state index in [9.17, 15) is 0 Å². The van der Waals surface area contributed by atoms with Crippen LogP contribution in [0.15, 0.2) is 10.5 Å². The van der Waals surface area contributed by atoms with Crippen LogP contribution in [0.1, 0.15) is 50.2 Å². The molecule has 0 aromatic carbocycles. The summed E-state index contributed by atoms with van der Waals surface area (Å²) in [6, 6.07) is 2.23. The molecule has 19 heavy (non-hydrogen) atoms. The second-order valence-electron chi connectivity index (χ2n) is 5.70. The maximum Gasteiger partial charge on any atom is 0.118 e. The number of aryl methyl sites for hydroxylation is 1. The van der Waals surface area contributed by atoms with Crippen molar-refractivity contribution in [1.82, 2.24) is 10.2 Å². The van der Waals surface area contributed by atoms with E-state index in [4.69, 9.17) is 4.42 Å². The van der Waals surface area contributed by atoms with Gasteiger partial charge < -0.3 is 9.73 Å². The van der Waals surface area contributed by atoms with Crippen LogP contribution in [0.5, 0.6) is 0 Å². The van der Waals surface area contributed by atoms with Crippen molar-refractivity contribution in [2.75, 3.05) is 19.6 Å². The largest absolute Gasteiger partial charge is 0.465 e. The number of piperidine rings is 1. The minimum absolute atomic E-state index is 0.843. The highest BCUT2D eigenvalue weighted by Gasteiger charge is 2.19. The molecule has 0 unspecified atom stereocenters. The van der Waals surface area contributed by atoms with Gasteiger partial charge in [0.15, 0.2) is 0 Å². The Hall–Kier alpha value is -0.800. The summed E-state index contributed by atoms with van der Waals surface area (Å²) in [5, 5.41) is 3.31. The van der Waals surface area contributed by atoms with Gasteiger partial charge in [0.1, 0.15) is 11.5 Å². The molecule has 2 heterocycles. The van der Waals surface area contributed by atoms with E-state index in [0.29, 0.717) is 0 Å². The standard InChI is InChI=1S/C16H28N2O/c1-4-14-6-8-18(9-7-14)12-15-10-16(11-17-5-2)19-13(15)3/h10,14,17H,4-9,11-12H2,1-3H3. The van der Waals surface area contributed by atoms with Gasteiger partial charge in [-0.05, 0) is 51.4 Å². The van der Waals surface area contributed by atoms with Crippen molar-refractivity contribution >= 4 is 0 Å². The van der Waals surface area contributed by atoms with Crippen LogP contribution >= 0.6 is 0 Å². The Kier molecular flexibility index (Phi) is 5.46. The molecule has 108 valence electrons. The number of hydrogen-bond donors (Lipinski definition) is 1. The molecule has 3 heteroatoms. The first-order valence-corrected chi connectivity index (χ1v) is 7.74. The Bertz CT molecular complexity index is 378. The number of likely N-dealkylation sites (tertiary alicyclic amines) is 1. The van der Waals surface area contributed by atoms with Crippen LogP contribution in [0.2, 0.25) is 0 Å². The Morgan fingerprint density at radius 2 is 2.05 bits per heavy atom. The summed E-state index contributed by atoms with van der Waals surface area (Å²) in [7, 11) is 0. The monoisotopic (exact) mass is 264 g/mol. The van der Waals surface area contributed by atoms with Gasteiger partial charge in [-0.25, -0.2) is 0 Å². The van der Waals surface area contributed by atoms with Crippen LogP contribution < -0.4 is 5.32 Å². The van der Waals surface area contributed by atoms with E-state index in [0.717, 1.165) is 37.1 Å². The van der Waals surface area contributed by atoms with Crippen LogP contribution in [-0.2, 0) is 13.1 Å². The lowest BCUT2D eigenvalue weighted by Crippen LogP contribution is -2.33. The molecule has 1 fully saturated rings. The minimum Gasteiger partial charge on any atom is -0.465 e. The molecule has 0 amide bonds. The van der Waals surface area contributed by atoms with Crippen molar-refractivity contribution in [3.05, 3.63) is 23.2 Å². The SMILES string of the molecule is CCNCc1cc(CN2CCC(CC)CC2)c(C)o1. The smallest absolute Gasteiger partial charge is 0.118 e. The van der Waals surface area contributed by atoms with Crippen LogP contribution in [0, 0.1) is 12.8 Å². The first kappa shape index (κ1) is 14.6. The van der Waals surface area contributed by atoms with Gasteiger partial charge in [-0.3, -0.25) is 4.90 Å². The Labute approximate surface area is 117 Å². The molecule has 2 rings (SSSR count). The van der Waals surface area contributed by atoms with E-state index >= 15 is 0 Å². The van der Waals surface area contributed by atoms with E-state index in [2.05, 4.69) is 37.1 Å². The van der Waals surface area contributed by atoms with E-state index in [-0.39, 0.29) is 0 Å². The third kappa shape index (κ3) is 4.08. The highest BCUT2D eigenvalue weighted by atomic mass is 16.3. The quantitative estimate of drug-likeness (QED) is 0.854. The number of hydrogen-bond acceptors (Lipinski definition) is 3. The van der Waals surface area contributed by atoms with Crippen molar-refractivity contribution in [2.24, 2.45) is 5.92 Å². The van der Waals surface area contributed by atoms with Crippen molar-refractivity contribution < 1.29 is 4.42 Å². The lowest BCUT2D eigenvalue weighted by molar-refractivity contribution is 0.174. The molecule has 1 aliphatic rings. The van der Waals surface area contributed by atoms with Crippen molar-refractivity contribution in [3.63, 3.8) is 0 Å². The van der Waals surface area contributed by atoms with Crippen molar-refractivity contribution in [2.45, 2.75) is 53.1 Å². The molecule has 0 radical (unpaired) electrons. The molecule has 1 aliphatic heterocycles. The molecule has 0 saturated carbocycles. The maximum absolute atomic E-state index is 5.81. The zero-order valence-electron chi connectivity index (χ0n) is 12.7. The van der Waals surface area contributed by atoms with Gasteiger partial charge in [0.05, 0.1) is 6.54 Å². The molecule has 1 N–H and O–H groups in total. The average molecular weight is 264 g/mol. The first-order valence-electron chi connectivity index (χ1n) is 7.74. The predicted octanol–water partition coefficient (Wildman–Crippen LogP) is 3.32. The summed E-state index contributed by atoms with van der Waals surface area (Å²) in [5.74, 6) is 3.11. The van der Waals surface area contributed by atoms with Gasteiger partial charge >= 0.3 is 0 Å². The lowest BCUT2D eigenvalue weighted by Gasteiger charge is -2.31. The third-order valence-corrected chi connectivity index (χ3v) is 4.30. The topological polar surface area (TPSA) is 28.4 Å². The molecule has 0 bridgehead atoms. The van der Waals surface area contributed by atoms with Gasteiger partial charge in [-0.1, -0.05) is 20.3 Å². The Morgan fingerprint density at radius 3 is 2.68 bits per heavy atom. The molecule has 1 aromatic rings. The Morgan fingerprint density at radius 1 is 1.32 bits per heavy atom. The van der Waals surface area contributed by atoms with Gasteiger partial charge in [0.2, 0.25) is 0 Å². The Balaban J connectivity index is 1.87. The maximum atomic E-state index is 5.81. The first-order chi connectivity index (χ1) is 9.22. The molecule has 3 nitrogen and oxygen atoms in total. The normalized spacial score (nSPS) is 18.1. The zero-order chi connectivity index (χ0) is 13.7. The molecular weight excluding hydrogens is 236 g/mol. The molecule has 0 aliphatic carbocycles. The highest BCUT2D eigenvalue weighted by Crippen LogP contribution is 2.23. The fraction of sp³-hybridized carbons (Fsp3) is 0.750. The van der Waals surface area contributed by atoms with Crippen molar-refractivity contribution in [1.29, 1.82) is 0 Å². The minimum atomic E-state index is 0.843.